The number of nitrogens with zero attached hydrogens (tertiary/aromatic N) is 3. The third kappa shape index (κ3) is 2.47. The van der Waals surface area contributed by atoms with E-state index in [0.29, 0.717) is 28.9 Å². The van der Waals surface area contributed by atoms with Gasteiger partial charge < -0.3 is 4.74 Å². The number of carbonyl (C=O) groups excluding carboxylic acids is 1. The van der Waals surface area contributed by atoms with Crippen LogP contribution in [0.1, 0.15) is 17.3 Å². The first-order chi connectivity index (χ1) is 10.2. The summed E-state index contributed by atoms with van der Waals surface area (Å²) in [5.74, 6) is -0.751. The number of pyridine rings is 1. The van der Waals surface area contributed by atoms with Crippen molar-refractivity contribution in [3.8, 4) is 5.69 Å². The van der Waals surface area contributed by atoms with Crippen molar-refractivity contribution in [3.05, 3.63) is 54.1 Å². The first kappa shape index (κ1) is 13.2. The van der Waals surface area contributed by atoms with Crippen molar-refractivity contribution in [2.24, 2.45) is 0 Å². The van der Waals surface area contributed by atoms with Gasteiger partial charge in [-0.1, -0.05) is 0 Å². The zero-order valence-corrected chi connectivity index (χ0v) is 11.3. The Morgan fingerprint density at radius 2 is 2.05 bits per heavy atom. The summed E-state index contributed by atoms with van der Waals surface area (Å²) in [6.45, 7) is 2.04. The molecular weight excluding hydrogens is 273 g/mol. The van der Waals surface area contributed by atoms with Crippen molar-refractivity contribution in [3.63, 3.8) is 0 Å². The topological polar surface area (TPSA) is 57.0 Å². The molecular formula is C15H12FN3O2. The molecule has 0 bridgehead atoms. The zero-order chi connectivity index (χ0) is 14.8. The Morgan fingerprint density at radius 3 is 2.76 bits per heavy atom. The van der Waals surface area contributed by atoms with Crippen molar-refractivity contribution >= 4 is 17.0 Å². The highest BCUT2D eigenvalue weighted by Gasteiger charge is 2.12. The van der Waals surface area contributed by atoms with Crippen LogP contribution < -0.4 is 0 Å². The maximum atomic E-state index is 13.0. The van der Waals surface area contributed by atoms with Crippen LogP contribution >= 0.6 is 0 Å². The molecule has 0 aliphatic carbocycles. The average Bonchev–Trinajstić information content (AvgIpc) is 2.91. The van der Waals surface area contributed by atoms with Gasteiger partial charge in [-0.3, -0.25) is 4.98 Å². The van der Waals surface area contributed by atoms with E-state index in [2.05, 4.69) is 10.1 Å². The summed E-state index contributed by atoms with van der Waals surface area (Å²) in [5, 5.41) is 4.22. The molecule has 0 saturated heterocycles. The zero-order valence-electron chi connectivity index (χ0n) is 11.3. The van der Waals surface area contributed by atoms with Crippen LogP contribution in [0.5, 0.6) is 0 Å². The molecule has 0 radical (unpaired) electrons. The largest absolute Gasteiger partial charge is 0.462 e. The van der Waals surface area contributed by atoms with E-state index in [1.54, 1.807) is 36.0 Å². The van der Waals surface area contributed by atoms with E-state index in [4.69, 9.17) is 4.74 Å². The van der Waals surface area contributed by atoms with E-state index in [1.165, 1.54) is 18.3 Å². The predicted octanol–water partition coefficient (Wildman–Crippen LogP) is 2.74. The quantitative estimate of drug-likeness (QED) is 0.694. The maximum Gasteiger partial charge on any atom is 0.339 e. The Hall–Kier alpha value is -2.76. The average molecular weight is 285 g/mol. The minimum absolute atomic E-state index is 0.300. The minimum Gasteiger partial charge on any atom is -0.462 e. The van der Waals surface area contributed by atoms with E-state index in [9.17, 15) is 9.18 Å². The smallest absolute Gasteiger partial charge is 0.339 e. The molecule has 6 heteroatoms. The summed E-state index contributed by atoms with van der Waals surface area (Å²) in [7, 11) is 0. The molecule has 0 saturated carbocycles. The van der Waals surface area contributed by atoms with Crippen molar-refractivity contribution in [1.82, 2.24) is 14.8 Å². The lowest BCUT2D eigenvalue weighted by atomic mass is 10.2. The fourth-order valence-corrected chi connectivity index (χ4v) is 2.02. The van der Waals surface area contributed by atoms with Gasteiger partial charge in [0, 0.05) is 6.20 Å². The number of hydrogen-bond acceptors (Lipinski definition) is 4. The summed E-state index contributed by atoms with van der Waals surface area (Å²) >= 11 is 0. The number of aromatic nitrogens is 3. The van der Waals surface area contributed by atoms with Crippen molar-refractivity contribution in [1.29, 1.82) is 0 Å². The SMILES string of the molecule is CCOC(=O)c1cnc2cnn(-c3ccc(F)cc3)c2c1. The van der Waals surface area contributed by atoms with Crippen LogP contribution in [-0.4, -0.2) is 27.3 Å². The lowest BCUT2D eigenvalue weighted by Crippen LogP contribution is -2.05. The van der Waals surface area contributed by atoms with E-state index >= 15 is 0 Å². The second-order valence-electron chi connectivity index (χ2n) is 4.38. The first-order valence-corrected chi connectivity index (χ1v) is 6.46. The fourth-order valence-electron chi connectivity index (χ4n) is 2.02. The highest BCUT2D eigenvalue weighted by molar-refractivity contribution is 5.93. The van der Waals surface area contributed by atoms with Gasteiger partial charge in [0.25, 0.3) is 0 Å². The Kier molecular flexibility index (Phi) is 3.35. The molecule has 0 atom stereocenters. The second-order valence-corrected chi connectivity index (χ2v) is 4.38. The second kappa shape index (κ2) is 5.32. The van der Waals surface area contributed by atoms with Crippen LogP contribution in [0, 0.1) is 5.82 Å². The lowest BCUT2D eigenvalue weighted by Gasteiger charge is -2.05. The van der Waals surface area contributed by atoms with Crippen LogP contribution in [-0.2, 0) is 4.74 Å². The molecule has 5 nitrogen and oxygen atoms in total. The van der Waals surface area contributed by atoms with Gasteiger partial charge >= 0.3 is 5.97 Å². The van der Waals surface area contributed by atoms with Gasteiger partial charge in [-0.2, -0.15) is 5.10 Å². The lowest BCUT2D eigenvalue weighted by molar-refractivity contribution is 0.0526. The minimum atomic E-state index is -0.432. The normalized spacial score (nSPS) is 10.8. The summed E-state index contributed by atoms with van der Waals surface area (Å²) in [4.78, 5) is 16.0. The number of benzene rings is 1. The van der Waals surface area contributed by atoms with E-state index < -0.39 is 5.97 Å². The van der Waals surface area contributed by atoms with Gasteiger partial charge in [-0.05, 0) is 37.3 Å². The molecule has 0 amide bonds. The molecule has 0 fully saturated rings. The highest BCUT2D eigenvalue weighted by atomic mass is 19.1. The molecule has 2 aromatic heterocycles. The molecule has 0 aliphatic rings. The number of carbonyl (C=O) groups is 1. The van der Waals surface area contributed by atoms with Crippen molar-refractivity contribution in [2.75, 3.05) is 6.61 Å². The Labute approximate surface area is 120 Å². The number of halogens is 1. The number of rotatable bonds is 3. The maximum absolute atomic E-state index is 13.0. The van der Waals surface area contributed by atoms with Crippen LogP contribution in [0.4, 0.5) is 4.39 Å². The number of fused-ring (bicyclic) bond motifs is 1. The number of hydrogen-bond donors (Lipinski definition) is 0. The Morgan fingerprint density at radius 1 is 1.29 bits per heavy atom. The van der Waals surface area contributed by atoms with Crippen molar-refractivity contribution < 1.29 is 13.9 Å². The molecule has 0 aliphatic heterocycles. The first-order valence-electron chi connectivity index (χ1n) is 6.46. The number of ether oxygens (including phenoxy) is 1. The third-order valence-corrected chi connectivity index (χ3v) is 3.00. The molecule has 21 heavy (non-hydrogen) atoms. The predicted molar refractivity (Wildman–Crippen MR) is 74.8 cm³/mol. The fraction of sp³-hybridized carbons (Fsp3) is 0.133. The molecule has 3 aromatic rings. The summed E-state index contributed by atoms with van der Waals surface area (Å²) in [6, 6.07) is 7.59. The molecule has 0 unspecified atom stereocenters. The Balaban J connectivity index is 2.09. The van der Waals surface area contributed by atoms with Gasteiger partial charge in [-0.25, -0.2) is 13.9 Å². The van der Waals surface area contributed by atoms with E-state index in [0.717, 1.165) is 0 Å². The van der Waals surface area contributed by atoms with Crippen LogP contribution in [0.3, 0.4) is 0 Å². The standard InChI is InChI=1S/C15H12FN3O2/c1-2-21-15(20)10-7-14-13(17-8-10)9-18-19(14)12-5-3-11(16)4-6-12/h3-9H,2H2,1H3. The van der Waals surface area contributed by atoms with Crippen molar-refractivity contribution in [2.45, 2.75) is 6.92 Å². The monoisotopic (exact) mass is 285 g/mol. The highest BCUT2D eigenvalue weighted by Crippen LogP contribution is 2.18. The molecule has 1 aromatic carbocycles. The molecule has 106 valence electrons. The van der Waals surface area contributed by atoms with E-state index in [1.807, 2.05) is 0 Å². The molecule has 3 rings (SSSR count). The van der Waals surface area contributed by atoms with Gasteiger partial charge in [0.05, 0.1) is 29.6 Å². The van der Waals surface area contributed by atoms with Crippen LogP contribution in [0.15, 0.2) is 42.7 Å². The van der Waals surface area contributed by atoms with Crippen LogP contribution in [0.25, 0.3) is 16.7 Å². The Bertz CT molecular complexity index is 796. The van der Waals surface area contributed by atoms with Gasteiger partial charge in [0.2, 0.25) is 0 Å². The summed E-state index contributed by atoms with van der Waals surface area (Å²) in [5.41, 5.74) is 2.35. The van der Waals surface area contributed by atoms with Gasteiger partial charge in [0.15, 0.2) is 0 Å². The molecule has 0 N–H and O–H groups in total. The summed E-state index contributed by atoms with van der Waals surface area (Å²) < 4.78 is 19.6. The van der Waals surface area contributed by atoms with E-state index in [-0.39, 0.29) is 5.82 Å². The van der Waals surface area contributed by atoms with Crippen LogP contribution in [0.2, 0.25) is 0 Å². The molecule has 2 heterocycles. The van der Waals surface area contributed by atoms with Gasteiger partial charge in [0.1, 0.15) is 11.3 Å². The van der Waals surface area contributed by atoms with Gasteiger partial charge in [-0.15, -0.1) is 0 Å². The third-order valence-electron chi connectivity index (χ3n) is 3.00. The molecule has 0 spiro atoms. The number of esters is 1. The summed E-state index contributed by atoms with van der Waals surface area (Å²) in [6.07, 6.45) is 3.05.